The molecule has 10 nitrogen and oxygen atoms in total. The van der Waals surface area contributed by atoms with E-state index < -0.39 is 7.14 Å². The average molecular weight is 589 g/mol. The Hall–Kier alpha value is -2.23. The first-order chi connectivity index (χ1) is 19.2. The number of aromatic nitrogens is 2. The van der Waals surface area contributed by atoms with Crippen LogP contribution >= 0.6 is 18.7 Å². The first-order valence-corrected chi connectivity index (χ1v) is 17.4. The molecule has 3 saturated heterocycles. The highest BCUT2D eigenvalue weighted by Gasteiger charge is 2.29. The lowest BCUT2D eigenvalue weighted by Gasteiger charge is -2.36. The number of nitrogens with zero attached hydrogens (tertiary/aromatic N) is 5. The summed E-state index contributed by atoms with van der Waals surface area (Å²) >= 11 is 6.40. The number of nitrogens with one attached hydrogen (secondary N) is 3. The third-order valence-corrected chi connectivity index (χ3v) is 9.97. The molecule has 0 bridgehead atoms. The number of carbonyl (C=O) groups is 1. The fourth-order valence-corrected chi connectivity index (χ4v) is 7.19. The average Bonchev–Trinajstić information content (AvgIpc) is 3.37. The molecule has 3 fully saturated rings. The maximum Gasteiger partial charge on any atom is 0.236 e. The van der Waals surface area contributed by atoms with E-state index in [0.717, 1.165) is 89.2 Å². The number of para-hydroxylation sites is 1. The minimum atomic E-state index is -2.49. The van der Waals surface area contributed by atoms with Gasteiger partial charge < -0.3 is 30.3 Å². The van der Waals surface area contributed by atoms with Crippen molar-refractivity contribution in [2.75, 3.05) is 89.4 Å². The number of hydrogen-bond acceptors (Lipinski definition) is 9. The predicted molar refractivity (Wildman–Crippen MR) is 163 cm³/mol. The zero-order valence-electron chi connectivity index (χ0n) is 23.6. The predicted octanol–water partition coefficient (Wildman–Crippen LogP) is 2.75. The van der Waals surface area contributed by atoms with Crippen molar-refractivity contribution in [2.45, 2.75) is 25.3 Å². The number of piperidine rings is 1. The van der Waals surface area contributed by atoms with E-state index in [1.807, 2.05) is 24.3 Å². The van der Waals surface area contributed by atoms with E-state index >= 15 is 0 Å². The van der Waals surface area contributed by atoms with Gasteiger partial charge >= 0.3 is 0 Å². The molecule has 0 aliphatic carbocycles. The van der Waals surface area contributed by atoms with Crippen molar-refractivity contribution in [3.05, 3.63) is 35.5 Å². The van der Waals surface area contributed by atoms with Crippen LogP contribution < -0.4 is 21.3 Å². The number of likely N-dealkylation sites (tertiary alicyclic amines) is 2. The van der Waals surface area contributed by atoms with Gasteiger partial charge in [-0.3, -0.25) is 9.69 Å². The molecule has 1 amide bonds. The summed E-state index contributed by atoms with van der Waals surface area (Å²) in [6, 6.07) is 7.65. The zero-order valence-corrected chi connectivity index (χ0v) is 25.3. The van der Waals surface area contributed by atoms with Crippen molar-refractivity contribution in [3.8, 4) is 0 Å². The van der Waals surface area contributed by atoms with Crippen molar-refractivity contribution in [3.63, 3.8) is 0 Å². The molecule has 1 aromatic heterocycles. The van der Waals surface area contributed by atoms with Crippen molar-refractivity contribution in [2.24, 2.45) is 5.92 Å². The topological polar surface area (TPSA) is 106 Å². The molecule has 12 heteroatoms. The van der Waals surface area contributed by atoms with Gasteiger partial charge in [-0.1, -0.05) is 23.7 Å². The Morgan fingerprint density at radius 3 is 2.58 bits per heavy atom. The third kappa shape index (κ3) is 7.74. The summed E-state index contributed by atoms with van der Waals surface area (Å²) in [6.07, 6.45) is 4.68. The van der Waals surface area contributed by atoms with Crippen LogP contribution in [0, 0.1) is 5.92 Å². The van der Waals surface area contributed by atoms with E-state index in [9.17, 15) is 9.36 Å². The maximum absolute atomic E-state index is 13.0. The summed E-state index contributed by atoms with van der Waals surface area (Å²) in [7, 11) is -2.49. The lowest BCUT2D eigenvalue weighted by atomic mass is 9.96. The monoisotopic (exact) mass is 588 g/mol. The molecule has 0 spiro atoms. The molecule has 5 rings (SSSR count). The lowest BCUT2D eigenvalue weighted by Crippen LogP contribution is -2.48. The quantitative estimate of drug-likeness (QED) is 0.381. The van der Waals surface area contributed by atoms with Crippen molar-refractivity contribution < 1.29 is 9.36 Å². The van der Waals surface area contributed by atoms with Gasteiger partial charge in [-0.15, -0.1) is 0 Å². The highest BCUT2D eigenvalue weighted by Crippen LogP contribution is 2.38. The summed E-state index contributed by atoms with van der Waals surface area (Å²) in [5, 5.41) is 11.2. The number of hydrogen-bond donors (Lipinski definition) is 3. The fourth-order valence-electron chi connectivity index (χ4n) is 5.89. The Morgan fingerprint density at radius 2 is 1.82 bits per heavy atom. The Bertz CT molecular complexity index is 1210. The van der Waals surface area contributed by atoms with E-state index in [-0.39, 0.29) is 11.9 Å². The van der Waals surface area contributed by atoms with E-state index in [0.29, 0.717) is 29.3 Å². The molecule has 1 aromatic carbocycles. The van der Waals surface area contributed by atoms with E-state index in [1.54, 1.807) is 19.5 Å². The van der Waals surface area contributed by atoms with Crippen LogP contribution in [0.15, 0.2) is 30.5 Å². The van der Waals surface area contributed by atoms with Crippen molar-refractivity contribution in [1.82, 2.24) is 30.0 Å². The summed E-state index contributed by atoms with van der Waals surface area (Å²) in [4.78, 5) is 28.9. The van der Waals surface area contributed by atoms with Gasteiger partial charge in [-0.05, 0) is 50.6 Å². The molecular formula is C28H42ClN8O2P. The number of amides is 1. The Balaban J connectivity index is 1.10. The van der Waals surface area contributed by atoms with Gasteiger partial charge in [0.2, 0.25) is 11.9 Å². The molecule has 1 atom stereocenters. The first kappa shape index (κ1) is 29.3. The molecule has 0 saturated carbocycles. The van der Waals surface area contributed by atoms with Crippen LogP contribution in [0.4, 0.5) is 17.5 Å². The van der Waals surface area contributed by atoms with Crippen LogP contribution in [0.1, 0.15) is 19.3 Å². The molecule has 218 valence electrons. The van der Waals surface area contributed by atoms with Gasteiger partial charge in [0, 0.05) is 70.2 Å². The van der Waals surface area contributed by atoms with E-state index in [2.05, 4.69) is 40.6 Å². The van der Waals surface area contributed by atoms with E-state index in [1.165, 1.54) is 0 Å². The molecular weight excluding hydrogens is 547 g/mol. The normalized spacial score (nSPS) is 21.5. The number of halogens is 1. The number of rotatable bonds is 9. The van der Waals surface area contributed by atoms with Crippen LogP contribution in [-0.2, 0) is 9.36 Å². The second kappa shape index (κ2) is 13.2. The lowest BCUT2D eigenvalue weighted by molar-refractivity contribution is -0.133. The molecule has 40 heavy (non-hydrogen) atoms. The maximum atomic E-state index is 13.0. The number of carbonyl (C=O) groups excluding carboxylic acids is 1. The number of benzene rings is 1. The molecule has 3 N–H and O–H groups in total. The standard InChI is InChI=1S/C28H42ClN8O2P/c1-40(2,39)25-6-4-3-5-24(25)33-27-23(29)17-31-28(34-27)32-22-9-12-36(19-22)20-26(38)37-13-7-21(8-14-37)18-35-15-10-30-11-16-35/h3-6,17,21-22,30H,7-16,18-20H2,1-2H3,(H2,31,32,33,34)/t22-/m1/s1. The molecule has 0 radical (unpaired) electrons. The number of piperazine rings is 1. The van der Waals surface area contributed by atoms with Crippen LogP contribution in [-0.4, -0.2) is 115 Å². The molecule has 0 unspecified atom stereocenters. The van der Waals surface area contributed by atoms with Gasteiger partial charge in [0.05, 0.1) is 18.4 Å². The summed E-state index contributed by atoms with van der Waals surface area (Å²) < 4.78 is 12.8. The first-order valence-electron chi connectivity index (χ1n) is 14.4. The largest absolute Gasteiger partial charge is 0.350 e. The summed E-state index contributed by atoms with van der Waals surface area (Å²) in [6.45, 7) is 12.9. The van der Waals surface area contributed by atoms with Gasteiger partial charge in [0.25, 0.3) is 0 Å². The molecule has 2 aromatic rings. The van der Waals surface area contributed by atoms with Gasteiger partial charge in [0.15, 0.2) is 5.82 Å². The van der Waals surface area contributed by atoms with Crippen molar-refractivity contribution in [1.29, 1.82) is 0 Å². The summed E-state index contributed by atoms with van der Waals surface area (Å²) in [5.74, 6) is 1.87. The Kier molecular flexibility index (Phi) is 9.64. The van der Waals surface area contributed by atoms with Gasteiger partial charge in [-0.2, -0.15) is 4.98 Å². The Morgan fingerprint density at radius 1 is 1.07 bits per heavy atom. The minimum Gasteiger partial charge on any atom is -0.350 e. The SMILES string of the molecule is CP(C)(=O)c1ccccc1Nc1nc(N[C@@H]2CCN(CC(=O)N3CCC(CN4CCNCC4)CC3)C2)ncc1Cl. The number of anilines is 3. The molecule has 3 aliphatic rings. The van der Waals surface area contributed by atoms with E-state index in [4.69, 9.17) is 11.6 Å². The minimum absolute atomic E-state index is 0.144. The van der Waals surface area contributed by atoms with Gasteiger partial charge in [0.1, 0.15) is 12.2 Å². The molecule has 3 aliphatic heterocycles. The highest BCUT2D eigenvalue weighted by molar-refractivity contribution is 7.70. The van der Waals surface area contributed by atoms with Crippen LogP contribution in [0.3, 0.4) is 0 Å². The zero-order chi connectivity index (χ0) is 28.1. The second-order valence-electron chi connectivity index (χ2n) is 11.6. The highest BCUT2D eigenvalue weighted by atomic mass is 35.5. The van der Waals surface area contributed by atoms with Gasteiger partial charge in [-0.25, -0.2) is 4.98 Å². The van der Waals surface area contributed by atoms with Crippen LogP contribution in [0.2, 0.25) is 5.02 Å². The Labute approximate surface area is 242 Å². The summed E-state index contributed by atoms with van der Waals surface area (Å²) in [5.41, 5.74) is 0.723. The molecule has 4 heterocycles. The van der Waals surface area contributed by atoms with Crippen molar-refractivity contribution >= 4 is 47.4 Å². The van der Waals surface area contributed by atoms with Crippen LogP contribution in [0.5, 0.6) is 0 Å². The smallest absolute Gasteiger partial charge is 0.236 e. The fraction of sp³-hybridized carbons (Fsp3) is 0.607. The van der Waals surface area contributed by atoms with Crippen LogP contribution in [0.25, 0.3) is 0 Å². The second-order valence-corrected chi connectivity index (χ2v) is 15.2. The third-order valence-electron chi connectivity index (χ3n) is 8.14.